The summed E-state index contributed by atoms with van der Waals surface area (Å²) in [6.07, 6.45) is 13.5. The zero-order valence-corrected chi connectivity index (χ0v) is 25.9. The highest BCUT2D eigenvalue weighted by molar-refractivity contribution is 5.61. The molecule has 198 valence electrons. The molecule has 0 aliphatic heterocycles. The second-order valence-corrected chi connectivity index (χ2v) is 7.68. The van der Waals surface area contributed by atoms with Crippen molar-refractivity contribution < 1.29 is 0 Å². The summed E-state index contributed by atoms with van der Waals surface area (Å²) in [5, 5.41) is 0. The van der Waals surface area contributed by atoms with E-state index >= 15 is 0 Å². The summed E-state index contributed by atoms with van der Waals surface area (Å²) >= 11 is 0. The third-order valence-electron chi connectivity index (χ3n) is 4.28. The lowest BCUT2D eigenvalue weighted by Gasteiger charge is -1.98. The molecule has 0 amide bonds. The Labute approximate surface area is 217 Å². The van der Waals surface area contributed by atoms with Crippen LogP contribution in [0.15, 0.2) is 78.4 Å². The van der Waals surface area contributed by atoms with Crippen LogP contribution in [-0.4, -0.2) is 0 Å². The molecule has 0 radical (unpaired) electrons. The van der Waals surface area contributed by atoms with E-state index in [9.17, 15) is 0 Å². The van der Waals surface area contributed by atoms with Crippen LogP contribution in [0.2, 0.25) is 0 Å². The average Bonchev–Trinajstić information content (AvgIpc) is 2.83. The molecule has 0 aliphatic rings. The van der Waals surface area contributed by atoms with Gasteiger partial charge in [-0.2, -0.15) is 0 Å². The fourth-order valence-corrected chi connectivity index (χ4v) is 2.03. The first-order chi connectivity index (χ1) is 16.1. The number of aryl methyl sites for hydroxylation is 1. The van der Waals surface area contributed by atoms with Crippen LogP contribution >= 0.6 is 0 Å². The van der Waals surface area contributed by atoms with Crippen LogP contribution in [0.3, 0.4) is 0 Å². The van der Waals surface area contributed by atoms with Crippen molar-refractivity contribution in [1.82, 2.24) is 0 Å². The Morgan fingerprint density at radius 2 is 1.15 bits per heavy atom. The zero-order chi connectivity index (χ0) is 27.9. The van der Waals surface area contributed by atoms with Gasteiger partial charge in [-0.1, -0.05) is 140 Å². The summed E-state index contributed by atoms with van der Waals surface area (Å²) in [7, 11) is 0. The summed E-state index contributed by atoms with van der Waals surface area (Å²) in [6, 6.07) is 8.36. The Morgan fingerprint density at radius 3 is 1.32 bits per heavy atom. The van der Waals surface area contributed by atoms with Crippen molar-refractivity contribution in [3.63, 3.8) is 0 Å². The van der Waals surface area contributed by atoms with Crippen molar-refractivity contribution >= 4 is 5.57 Å². The molecule has 0 nitrogen and oxygen atoms in total. The van der Waals surface area contributed by atoms with Crippen LogP contribution in [-0.2, 0) is 0 Å². The quantitative estimate of drug-likeness (QED) is 0.286. The van der Waals surface area contributed by atoms with Crippen LogP contribution in [0.25, 0.3) is 5.57 Å². The Balaban J connectivity index is -0.000000109. The molecule has 0 N–H and O–H groups in total. The van der Waals surface area contributed by atoms with Crippen molar-refractivity contribution in [2.75, 3.05) is 0 Å². The smallest absolute Gasteiger partial charge is 0.0231 e. The van der Waals surface area contributed by atoms with Gasteiger partial charge in [0, 0.05) is 0 Å². The summed E-state index contributed by atoms with van der Waals surface area (Å²) in [5.41, 5.74) is 7.58. The number of hydrogen-bond donors (Lipinski definition) is 0. The van der Waals surface area contributed by atoms with E-state index in [1.165, 1.54) is 47.1 Å². The molecule has 1 rings (SSSR count). The molecule has 1 aromatic rings. The van der Waals surface area contributed by atoms with Gasteiger partial charge in [-0.3, -0.25) is 0 Å². The largest absolute Gasteiger partial charge is 0.100 e. The van der Waals surface area contributed by atoms with Gasteiger partial charge < -0.3 is 0 Å². The molecule has 0 spiro atoms. The van der Waals surface area contributed by atoms with Crippen LogP contribution in [0.1, 0.15) is 127 Å². The fraction of sp³-hybridized carbons (Fsp3) is 0.529. The third kappa shape index (κ3) is 37.2. The van der Waals surface area contributed by atoms with Gasteiger partial charge in [-0.25, -0.2) is 0 Å². The first-order valence-corrected chi connectivity index (χ1v) is 13.4. The molecule has 0 bridgehead atoms. The van der Waals surface area contributed by atoms with Gasteiger partial charge in [0.15, 0.2) is 0 Å². The normalized spacial score (nSPS) is 9.82. The van der Waals surface area contributed by atoms with Gasteiger partial charge in [-0.05, 0) is 71.6 Å². The number of hydrogen-bond acceptors (Lipinski definition) is 0. The van der Waals surface area contributed by atoms with Crippen molar-refractivity contribution in [2.24, 2.45) is 0 Å². The third-order valence-corrected chi connectivity index (χ3v) is 4.28. The lowest BCUT2D eigenvalue weighted by Crippen LogP contribution is -1.77. The molecular formula is C34H62. The average molecular weight is 471 g/mol. The van der Waals surface area contributed by atoms with Gasteiger partial charge in [0.2, 0.25) is 0 Å². The number of rotatable bonds is 6. The summed E-state index contributed by atoms with van der Waals surface area (Å²) in [5.74, 6) is 0. The van der Waals surface area contributed by atoms with Crippen LogP contribution < -0.4 is 0 Å². The maximum Gasteiger partial charge on any atom is -0.0231 e. The van der Waals surface area contributed by atoms with Crippen molar-refractivity contribution in [1.29, 1.82) is 0 Å². The van der Waals surface area contributed by atoms with Crippen molar-refractivity contribution in [3.8, 4) is 0 Å². The molecule has 0 atom stereocenters. The van der Waals surface area contributed by atoms with Gasteiger partial charge in [0.25, 0.3) is 0 Å². The highest BCUT2D eigenvalue weighted by Crippen LogP contribution is 2.12. The minimum Gasteiger partial charge on any atom is -0.100 e. The number of allylic oxidation sites excluding steroid dienone is 8. The lowest BCUT2D eigenvalue weighted by molar-refractivity contribution is 0.772. The first kappa shape index (κ1) is 42.1. The monoisotopic (exact) mass is 470 g/mol. The fourth-order valence-electron chi connectivity index (χ4n) is 2.03. The molecule has 0 saturated heterocycles. The summed E-state index contributed by atoms with van der Waals surface area (Å²) in [6.45, 7) is 36.5. The molecule has 0 heterocycles. The van der Waals surface area contributed by atoms with Crippen LogP contribution in [0, 0.1) is 6.92 Å². The highest BCUT2D eigenvalue weighted by Gasteiger charge is 1.90. The Hall–Kier alpha value is -2.08. The molecule has 0 fully saturated rings. The maximum absolute atomic E-state index is 3.87. The van der Waals surface area contributed by atoms with Gasteiger partial charge in [-0.15, -0.1) is 6.58 Å². The van der Waals surface area contributed by atoms with E-state index in [0.29, 0.717) is 0 Å². The van der Waals surface area contributed by atoms with E-state index in [2.05, 4.69) is 103 Å². The minimum atomic E-state index is 1.11. The first-order valence-electron chi connectivity index (χ1n) is 13.4. The van der Waals surface area contributed by atoms with E-state index in [4.69, 9.17) is 0 Å². The molecule has 0 aliphatic carbocycles. The van der Waals surface area contributed by atoms with E-state index in [-0.39, 0.29) is 0 Å². The molecule has 34 heavy (non-hydrogen) atoms. The second-order valence-electron chi connectivity index (χ2n) is 7.68. The molecule has 1 aromatic carbocycles. The molecule has 0 heteroatoms. The Bertz CT molecular complexity index is 628. The van der Waals surface area contributed by atoms with Gasteiger partial charge in [0.05, 0.1) is 0 Å². The maximum atomic E-state index is 3.87. The van der Waals surface area contributed by atoms with Crippen LogP contribution in [0.4, 0.5) is 0 Å². The molecule has 0 saturated carbocycles. The molecule has 0 unspecified atom stereocenters. The predicted octanol–water partition coefficient (Wildman–Crippen LogP) is 12.7. The van der Waals surface area contributed by atoms with Crippen molar-refractivity contribution in [3.05, 3.63) is 89.6 Å². The van der Waals surface area contributed by atoms with Gasteiger partial charge >= 0.3 is 0 Å². The van der Waals surface area contributed by atoms with E-state index in [1.807, 2.05) is 55.4 Å². The Kier molecular flexibility index (Phi) is 44.0. The highest BCUT2D eigenvalue weighted by atomic mass is 14.0. The summed E-state index contributed by atoms with van der Waals surface area (Å²) < 4.78 is 0. The Morgan fingerprint density at radius 1 is 0.765 bits per heavy atom. The van der Waals surface area contributed by atoms with E-state index in [1.54, 1.807) is 0 Å². The van der Waals surface area contributed by atoms with Gasteiger partial charge in [0.1, 0.15) is 0 Å². The standard InChI is InChI=1S/C10H12.C10H16.C5H10.C5H12.2C2H6/c1-8(2)10-6-4-5-9(3)7-10;1-5-7-9(3)10(4)8-6-2;1-4-5(2)3;1-3-5-4-2;2*1-2/h4-7H,1H2,2-3H3;5-8H,1-4H3;2,4H2,1,3H3;3-5H2,1-2H3;2*1-2H3/b;7-5-,8-6+,10-9-;;;;. The van der Waals surface area contributed by atoms with Crippen molar-refractivity contribution in [2.45, 2.75) is 123 Å². The molecule has 0 aromatic heterocycles. The van der Waals surface area contributed by atoms with E-state index < -0.39 is 0 Å². The lowest BCUT2D eigenvalue weighted by atomic mass is 10.1. The van der Waals surface area contributed by atoms with E-state index in [0.717, 1.165) is 12.0 Å². The minimum absolute atomic E-state index is 1.11. The SMILES string of the molecule is C=C(C)CC.C=C(C)c1cccc(C)c1.CC.CC.CCCCC.C\C=C/C(C)=C(C)\C=C\C. The number of benzene rings is 1. The predicted molar refractivity (Wildman–Crippen MR) is 167 cm³/mol. The number of unbranched alkanes of at least 4 members (excludes halogenated alkanes) is 2. The topological polar surface area (TPSA) is 0 Å². The molecular weight excluding hydrogens is 408 g/mol. The zero-order valence-electron chi connectivity index (χ0n) is 25.9. The second kappa shape index (κ2) is 35.5. The van der Waals surface area contributed by atoms with Crippen LogP contribution in [0.5, 0.6) is 0 Å². The summed E-state index contributed by atoms with van der Waals surface area (Å²) in [4.78, 5) is 0.